The zero-order chi connectivity index (χ0) is 22.9. The van der Waals surface area contributed by atoms with Gasteiger partial charge in [-0.1, -0.05) is 48.2 Å². The van der Waals surface area contributed by atoms with Gasteiger partial charge in [-0.2, -0.15) is 0 Å². The number of rotatable bonds is 9. The molecule has 0 saturated heterocycles. The van der Waals surface area contributed by atoms with Crippen molar-refractivity contribution in [1.82, 2.24) is 14.9 Å². The molecule has 3 aromatic rings. The van der Waals surface area contributed by atoms with Crippen molar-refractivity contribution >= 4 is 35.3 Å². The van der Waals surface area contributed by atoms with E-state index in [0.29, 0.717) is 35.5 Å². The van der Waals surface area contributed by atoms with Crippen molar-refractivity contribution in [1.29, 1.82) is 0 Å². The molecule has 8 nitrogen and oxygen atoms in total. The molecule has 0 spiro atoms. The van der Waals surface area contributed by atoms with E-state index >= 15 is 0 Å². The Morgan fingerprint density at radius 3 is 2.62 bits per heavy atom. The number of thioether (sulfide) groups is 1. The second kappa shape index (κ2) is 11.1. The summed E-state index contributed by atoms with van der Waals surface area (Å²) >= 11 is 1.42. The average Bonchev–Trinajstić information content (AvgIpc) is 2.77. The summed E-state index contributed by atoms with van der Waals surface area (Å²) in [5, 5.41) is 3.84. The van der Waals surface area contributed by atoms with Crippen molar-refractivity contribution in [3.63, 3.8) is 0 Å². The topological polar surface area (TPSA) is 110 Å². The molecule has 3 N–H and O–H groups in total. The molecular formula is C23H25N5O3S. The van der Waals surface area contributed by atoms with Gasteiger partial charge in [0.15, 0.2) is 5.16 Å². The fourth-order valence-electron chi connectivity index (χ4n) is 3.07. The third-order valence-corrected chi connectivity index (χ3v) is 5.22. The molecule has 0 aliphatic heterocycles. The van der Waals surface area contributed by atoms with Crippen LogP contribution in [0.25, 0.3) is 0 Å². The van der Waals surface area contributed by atoms with Crippen LogP contribution in [0.5, 0.6) is 5.75 Å². The fourth-order valence-corrected chi connectivity index (χ4v) is 3.41. The predicted molar refractivity (Wildman–Crippen MR) is 125 cm³/mol. The fraction of sp³-hybridized carbons (Fsp3) is 0.217. The molecule has 1 aromatic heterocycles. The van der Waals surface area contributed by atoms with E-state index in [-0.39, 0.29) is 5.91 Å². The van der Waals surface area contributed by atoms with Gasteiger partial charge >= 0.3 is 6.09 Å². The van der Waals surface area contributed by atoms with E-state index in [1.807, 2.05) is 42.7 Å². The molecule has 1 heterocycles. The zero-order valence-electron chi connectivity index (χ0n) is 17.9. The summed E-state index contributed by atoms with van der Waals surface area (Å²) in [6.45, 7) is 2.49. The van der Waals surface area contributed by atoms with Crippen molar-refractivity contribution in [2.45, 2.75) is 25.0 Å². The van der Waals surface area contributed by atoms with Crippen LogP contribution in [0, 0.1) is 0 Å². The Labute approximate surface area is 191 Å². The van der Waals surface area contributed by atoms with Crippen molar-refractivity contribution < 1.29 is 14.3 Å². The van der Waals surface area contributed by atoms with Crippen molar-refractivity contribution in [3.8, 4) is 5.75 Å². The lowest BCUT2D eigenvalue weighted by atomic mass is 10.1. The van der Waals surface area contributed by atoms with Crippen LogP contribution in [0.1, 0.15) is 18.1 Å². The Balaban J connectivity index is 1.81. The zero-order valence-corrected chi connectivity index (χ0v) is 18.8. The molecule has 9 heteroatoms. The van der Waals surface area contributed by atoms with Crippen LogP contribution in [0.2, 0.25) is 0 Å². The number of ether oxygens (including phenoxy) is 1. The Kier molecular flexibility index (Phi) is 8.04. The van der Waals surface area contributed by atoms with Gasteiger partial charge in [0.1, 0.15) is 11.6 Å². The number of benzene rings is 2. The highest BCUT2D eigenvalue weighted by molar-refractivity contribution is 7.98. The summed E-state index contributed by atoms with van der Waals surface area (Å²) in [6.07, 6.45) is 3.48. The minimum Gasteiger partial charge on any atom is -0.410 e. The van der Waals surface area contributed by atoms with Crippen LogP contribution < -0.4 is 15.8 Å². The average molecular weight is 452 g/mol. The Hall–Kier alpha value is -3.59. The minimum atomic E-state index is -0.884. The van der Waals surface area contributed by atoms with Crippen LogP contribution in [0.3, 0.4) is 0 Å². The number of nitrogens with zero attached hydrogens (tertiary/aromatic N) is 3. The first-order valence-electron chi connectivity index (χ1n) is 9.98. The molecule has 2 aromatic carbocycles. The molecule has 0 unspecified atom stereocenters. The standard InChI is InChI=1S/C23H25N5O3S/c1-16(29)28(12-11-17-7-4-3-5-8-17)15-18-14-25-23(32-2)27-21(18)26-19-9-6-10-20(13-19)31-22(24)30/h3-10,13-14H,11-12,15H2,1-2H3,(H2,24,30)(H,25,26,27). The Morgan fingerprint density at radius 1 is 1.16 bits per heavy atom. The van der Waals surface area contributed by atoms with E-state index in [4.69, 9.17) is 10.5 Å². The van der Waals surface area contributed by atoms with Gasteiger partial charge in [0, 0.05) is 37.0 Å². The number of hydrogen-bond acceptors (Lipinski definition) is 7. The highest BCUT2D eigenvalue weighted by Gasteiger charge is 2.15. The van der Waals surface area contributed by atoms with Crippen molar-refractivity contribution in [3.05, 3.63) is 71.9 Å². The van der Waals surface area contributed by atoms with Crippen molar-refractivity contribution in [2.75, 3.05) is 18.1 Å². The smallest absolute Gasteiger partial charge is 0.409 e. The number of aromatic nitrogens is 2. The van der Waals surface area contributed by atoms with Gasteiger partial charge in [-0.15, -0.1) is 0 Å². The number of nitrogens with one attached hydrogen (secondary N) is 1. The third-order valence-electron chi connectivity index (χ3n) is 4.66. The van der Waals surface area contributed by atoms with E-state index in [2.05, 4.69) is 15.3 Å². The molecule has 0 fully saturated rings. The number of anilines is 2. The number of hydrogen-bond donors (Lipinski definition) is 2. The Bertz CT molecular complexity index is 1080. The van der Waals surface area contributed by atoms with Gasteiger partial charge in [-0.3, -0.25) is 4.79 Å². The Morgan fingerprint density at radius 2 is 1.94 bits per heavy atom. The maximum absolute atomic E-state index is 12.3. The minimum absolute atomic E-state index is 0.0299. The summed E-state index contributed by atoms with van der Waals surface area (Å²) in [5.74, 6) is 0.862. The first-order chi connectivity index (χ1) is 15.4. The van der Waals surface area contributed by atoms with E-state index in [1.165, 1.54) is 11.8 Å². The highest BCUT2D eigenvalue weighted by atomic mass is 32.2. The summed E-state index contributed by atoms with van der Waals surface area (Å²) in [4.78, 5) is 34.1. The van der Waals surface area contributed by atoms with Gasteiger partial charge in [0.2, 0.25) is 5.91 Å². The SMILES string of the molecule is CSc1ncc(CN(CCc2ccccc2)C(C)=O)c(Nc2cccc(OC(N)=O)c2)n1. The lowest BCUT2D eigenvalue weighted by Gasteiger charge is -2.22. The number of carbonyl (C=O) groups is 2. The molecule has 166 valence electrons. The lowest BCUT2D eigenvalue weighted by molar-refractivity contribution is -0.129. The maximum atomic E-state index is 12.3. The van der Waals surface area contributed by atoms with Gasteiger partial charge in [0.25, 0.3) is 0 Å². The van der Waals surface area contributed by atoms with Gasteiger partial charge < -0.3 is 20.7 Å². The number of primary amides is 1. The molecule has 3 rings (SSSR count). The van der Waals surface area contributed by atoms with Crippen LogP contribution >= 0.6 is 11.8 Å². The monoisotopic (exact) mass is 451 g/mol. The summed E-state index contributed by atoms with van der Waals surface area (Å²) in [6, 6.07) is 16.9. The van der Waals surface area contributed by atoms with Crippen LogP contribution in [-0.2, 0) is 17.8 Å². The van der Waals surface area contributed by atoms with Crippen LogP contribution in [-0.4, -0.2) is 39.7 Å². The van der Waals surface area contributed by atoms with E-state index in [1.54, 1.807) is 36.2 Å². The second-order valence-electron chi connectivity index (χ2n) is 6.98. The number of nitrogens with two attached hydrogens (primary N) is 1. The normalized spacial score (nSPS) is 10.4. The van der Waals surface area contributed by atoms with E-state index in [9.17, 15) is 9.59 Å². The summed E-state index contributed by atoms with van der Waals surface area (Å²) in [7, 11) is 0. The van der Waals surface area contributed by atoms with Gasteiger partial charge in [0.05, 0.1) is 6.54 Å². The largest absolute Gasteiger partial charge is 0.410 e. The highest BCUT2D eigenvalue weighted by Crippen LogP contribution is 2.25. The van der Waals surface area contributed by atoms with E-state index < -0.39 is 6.09 Å². The quantitative estimate of drug-likeness (QED) is 0.374. The van der Waals surface area contributed by atoms with Gasteiger partial charge in [-0.05, 0) is 30.4 Å². The molecule has 0 aliphatic rings. The molecule has 32 heavy (non-hydrogen) atoms. The third kappa shape index (κ3) is 6.71. The number of carbonyl (C=O) groups excluding carboxylic acids is 2. The first-order valence-corrected chi connectivity index (χ1v) is 11.2. The summed E-state index contributed by atoms with van der Waals surface area (Å²) < 4.78 is 4.95. The second-order valence-corrected chi connectivity index (χ2v) is 7.75. The number of amides is 2. The first kappa shape index (κ1) is 23.1. The molecule has 0 atom stereocenters. The summed E-state index contributed by atoms with van der Waals surface area (Å²) in [5.41, 5.74) is 7.70. The van der Waals surface area contributed by atoms with E-state index in [0.717, 1.165) is 17.5 Å². The van der Waals surface area contributed by atoms with Crippen LogP contribution in [0.4, 0.5) is 16.3 Å². The maximum Gasteiger partial charge on any atom is 0.409 e. The molecule has 2 amide bonds. The van der Waals surface area contributed by atoms with Crippen LogP contribution in [0.15, 0.2) is 66.0 Å². The molecule has 0 bridgehead atoms. The predicted octanol–water partition coefficient (Wildman–Crippen LogP) is 3.99. The van der Waals surface area contributed by atoms with Gasteiger partial charge in [-0.25, -0.2) is 14.8 Å². The van der Waals surface area contributed by atoms with Crippen molar-refractivity contribution in [2.24, 2.45) is 5.73 Å². The molecule has 0 aliphatic carbocycles. The molecule has 0 radical (unpaired) electrons. The molecule has 0 saturated carbocycles. The lowest BCUT2D eigenvalue weighted by Crippen LogP contribution is -2.30. The molecular weight excluding hydrogens is 426 g/mol.